The maximum atomic E-state index is 10.8. The number of hydrogen-bond donors (Lipinski definition) is 2. The van der Waals surface area contributed by atoms with E-state index in [0.717, 1.165) is 7.11 Å². The van der Waals surface area contributed by atoms with Gasteiger partial charge < -0.3 is 15.6 Å². The van der Waals surface area contributed by atoms with E-state index >= 15 is 0 Å². The van der Waals surface area contributed by atoms with Crippen LogP contribution in [0.15, 0.2) is 0 Å². The second-order valence-corrected chi connectivity index (χ2v) is 1.08. The van der Waals surface area contributed by atoms with E-state index in [2.05, 4.69) is 9.85 Å². The fourth-order valence-electron chi connectivity index (χ4n) is 0.177. The maximum absolute atomic E-state index is 10.8. The van der Waals surface area contributed by atoms with E-state index < -0.39 is 18.6 Å². The summed E-state index contributed by atoms with van der Waals surface area (Å²) in [6, 6.07) is -2.30. The van der Waals surface area contributed by atoms with Crippen LogP contribution in [0.2, 0.25) is 2.82 Å². The average Bonchev–Trinajstić information content (AvgIpc) is 2.03. The Hall–Kier alpha value is -0.610. The number of ether oxygens (including phenoxy) is 1. The normalized spacial score (nSPS) is 24.2. The van der Waals surface area contributed by atoms with Gasteiger partial charge in [-0.2, -0.15) is 0 Å². The molecule has 0 aromatic rings. The topological polar surface area (TPSA) is 72.5 Å². The minimum absolute atomic E-state index is 0.173. The highest BCUT2D eigenvalue weighted by Crippen LogP contribution is 1.78. The largest absolute Gasteiger partial charge is 0.468 e. The first-order valence-electron chi connectivity index (χ1n) is 3.74. The molecule has 48 valence electrons. The zero-order chi connectivity index (χ0) is 9.78. The van der Waals surface area contributed by atoms with Crippen LogP contribution in [0.3, 0.4) is 0 Å². The van der Waals surface area contributed by atoms with Gasteiger partial charge in [-0.25, -0.2) is 0 Å². The fourth-order valence-corrected chi connectivity index (χ4v) is 0.177. The van der Waals surface area contributed by atoms with Crippen molar-refractivity contribution in [3.63, 3.8) is 0 Å². The van der Waals surface area contributed by atoms with E-state index in [-0.39, 0.29) is 5.72 Å². The van der Waals surface area contributed by atoms with Gasteiger partial charge in [0.05, 0.1) is 15.1 Å². The van der Waals surface area contributed by atoms with Gasteiger partial charge in [0.2, 0.25) is 1.43 Å². The number of nitrogens with two attached hydrogens (primary N) is 1. The third kappa shape index (κ3) is 1.90. The molecule has 4 heteroatoms. The van der Waals surface area contributed by atoms with E-state index in [0.29, 0.717) is 0 Å². The molecular formula is C4H9NO3. The molecule has 0 aromatic carbocycles. The van der Waals surface area contributed by atoms with Crippen LogP contribution >= 0.6 is 0 Å². The number of methoxy groups -OCH3 is 1. The molecule has 0 radical (unpaired) electrons. The van der Waals surface area contributed by atoms with Crippen LogP contribution in [0.4, 0.5) is 0 Å². The lowest BCUT2D eigenvalue weighted by molar-refractivity contribution is -0.143. The third-order valence-electron chi connectivity index (χ3n) is 0.558. The molecule has 0 heterocycles. The van der Waals surface area contributed by atoms with Gasteiger partial charge in [-0.3, -0.25) is 4.79 Å². The number of aliphatic hydroxyl groups excluding tert-OH is 1. The van der Waals surface area contributed by atoms with Crippen LogP contribution in [0, 0.1) is 0 Å². The minimum Gasteiger partial charge on any atom is -0.468 e. The summed E-state index contributed by atoms with van der Waals surface area (Å²) in [5, 5.41) is 3.77. The summed E-state index contributed by atoms with van der Waals surface area (Å²) in [6.45, 7) is -0.716. The molecule has 0 saturated heterocycles. The summed E-state index contributed by atoms with van der Waals surface area (Å²) < 4.78 is 31.1. The molecule has 8 heavy (non-hydrogen) atoms. The molecule has 0 bridgehead atoms. The number of hydrogen-bond acceptors (Lipinski definition) is 4. The Morgan fingerprint density at radius 3 is 3.62 bits per heavy atom. The Balaban J connectivity index is 4.49. The van der Waals surface area contributed by atoms with E-state index in [1.807, 2.05) is 0 Å². The van der Waals surface area contributed by atoms with Crippen LogP contribution in [0.25, 0.3) is 0 Å². The Morgan fingerprint density at radius 2 is 3.25 bits per heavy atom. The summed E-state index contributed by atoms with van der Waals surface area (Å²) in [7, 11) is 1.03. The lowest BCUT2D eigenvalue weighted by Crippen LogP contribution is -2.34. The van der Waals surface area contributed by atoms with Crippen LogP contribution < -0.4 is 5.72 Å². The molecule has 0 amide bonds. The second-order valence-electron chi connectivity index (χ2n) is 1.08. The van der Waals surface area contributed by atoms with E-state index in [1.165, 1.54) is 0 Å². The van der Waals surface area contributed by atoms with Crippen molar-refractivity contribution in [1.29, 1.82) is 1.43 Å². The standard InChI is InChI=1S/C4H9NO3/c1-8-4(7)3(5)2-6/h3,6H,2,5H2,1H3/i3D,6D/hD2. The number of carbonyl (C=O) groups is 1. The van der Waals surface area contributed by atoms with Gasteiger partial charge in [0.25, 0.3) is 0 Å². The van der Waals surface area contributed by atoms with Crippen LogP contribution in [-0.4, -0.2) is 32.2 Å². The molecule has 0 aliphatic carbocycles. The first-order chi connectivity index (χ1) is 5.49. The lowest BCUT2D eigenvalue weighted by atomic mass is 10.3. The predicted molar refractivity (Wildman–Crippen MR) is 27.1 cm³/mol. The SMILES string of the molecule is [2H]OCC([2H])(C(=O)OC)N([2H])[2H]. The van der Waals surface area contributed by atoms with Crippen molar-refractivity contribution in [3.8, 4) is 0 Å². The van der Waals surface area contributed by atoms with Crippen LogP contribution in [0.5, 0.6) is 0 Å². The molecule has 4 nitrogen and oxygen atoms in total. The van der Waals surface area contributed by atoms with Gasteiger partial charge in [-0.05, 0) is 0 Å². The molecule has 0 aliphatic heterocycles. The van der Waals surface area contributed by atoms with Crippen LogP contribution in [0.1, 0.15) is 1.37 Å². The molecule has 0 spiro atoms. The van der Waals surface area contributed by atoms with Gasteiger partial charge in [-0.15, -0.1) is 0 Å². The molecule has 0 aromatic heterocycles. The van der Waals surface area contributed by atoms with Crippen molar-refractivity contribution in [2.75, 3.05) is 13.7 Å². The van der Waals surface area contributed by atoms with E-state index in [9.17, 15) is 4.79 Å². The summed E-state index contributed by atoms with van der Waals surface area (Å²) in [5.74, 6) is -1.11. The number of carbonyl (C=O) groups excluding carboxylic acids is 1. The van der Waals surface area contributed by atoms with Crippen LogP contribution in [-0.2, 0) is 9.53 Å². The lowest BCUT2D eigenvalue weighted by Gasteiger charge is -2.02. The average molecular weight is 123 g/mol. The Morgan fingerprint density at radius 1 is 2.50 bits per heavy atom. The molecule has 0 fully saturated rings. The van der Waals surface area contributed by atoms with Crippen molar-refractivity contribution < 1.29 is 18.8 Å². The second kappa shape index (κ2) is 3.40. The first-order valence-corrected chi connectivity index (χ1v) is 1.93. The van der Waals surface area contributed by atoms with Crippen molar-refractivity contribution in [1.82, 2.24) is 0 Å². The molecule has 0 saturated carbocycles. The molecule has 3 N–H and O–H groups in total. The molecule has 1 unspecified atom stereocenters. The highest BCUT2D eigenvalue weighted by molar-refractivity contribution is 5.75. The predicted octanol–water partition coefficient (Wildman–Crippen LogP) is -1.52. The maximum Gasteiger partial charge on any atom is 0.325 e. The summed E-state index contributed by atoms with van der Waals surface area (Å²) in [4.78, 5) is 10.8. The highest BCUT2D eigenvalue weighted by Gasteiger charge is 2.10. The molecular weight excluding hydrogens is 110 g/mol. The Bertz CT molecular complexity index is 166. The zero-order valence-electron chi connectivity index (χ0n) is 8.38. The monoisotopic (exact) mass is 123 g/mol. The fraction of sp³-hybridized carbons (Fsp3) is 0.750. The van der Waals surface area contributed by atoms with Crippen molar-refractivity contribution in [2.45, 2.75) is 6.02 Å². The molecule has 0 rings (SSSR count). The van der Waals surface area contributed by atoms with Crippen molar-refractivity contribution in [3.05, 3.63) is 0 Å². The van der Waals surface area contributed by atoms with Gasteiger partial charge in [0.15, 0.2) is 0 Å². The van der Waals surface area contributed by atoms with Gasteiger partial charge in [0.1, 0.15) is 8.84 Å². The molecule has 1 atom stereocenters. The van der Waals surface area contributed by atoms with Gasteiger partial charge in [-0.1, -0.05) is 0 Å². The number of rotatable bonds is 4. The Kier molecular flexibility index (Phi) is 1.19. The summed E-state index contributed by atoms with van der Waals surface area (Å²) >= 11 is 0. The van der Waals surface area contributed by atoms with Gasteiger partial charge in [0, 0.05) is 0 Å². The molecule has 0 aliphatic rings. The minimum atomic E-state index is -2.30. The first kappa shape index (κ1) is 2.80. The Labute approximate surface area is 53.1 Å². The highest BCUT2D eigenvalue weighted by atomic mass is 16.5. The summed E-state index contributed by atoms with van der Waals surface area (Å²) in [5.41, 5.74) is -0.173. The number of esters is 1. The smallest absolute Gasteiger partial charge is 0.325 e. The quantitative estimate of drug-likeness (QED) is 0.445. The van der Waals surface area contributed by atoms with Crippen molar-refractivity contribution in [2.24, 2.45) is 5.72 Å². The third-order valence-corrected chi connectivity index (χ3v) is 0.558. The summed E-state index contributed by atoms with van der Waals surface area (Å²) in [6.07, 6.45) is 0. The van der Waals surface area contributed by atoms with Gasteiger partial charge >= 0.3 is 5.97 Å². The van der Waals surface area contributed by atoms with E-state index in [1.54, 1.807) is 0 Å². The zero-order valence-corrected chi connectivity index (χ0v) is 4.38. The number of aliphatic hydroxyl groups is 1. The van der Waals surface area contributed by atoms with Crippen molar-refractivity contribution >= 4 is 5.97 Å². The van der Waals surface area contributed by atoms with E-state index in [4.69, 9.17) is 5.63 Å².